The van der Waals surface area contributed by atoms with E-state index in [0.29, 0.717) is 11.8 Å². The molecule has 0 aromatic rings. The Kier molecular flexibility index (Phi) is 6.95. The molecule has 0 saturated carbocycles. The molecule has 0 spiro atoms. The van der Waals surface area contributed by atoms with Crippen LogP contribution in [0.3, 0.4) is 0 Å². The monoisotopic (exact) mass is 252 g/mol. The smallest absolute Gasteiger partial charge is 0.334 e. The molecule has 7 heteroatoms. The third-order valence-corrected chi connectivity index (χ3v) is 2.56. The molecule has 0 saturated heterocycles. The molecule has 0 aliphatic carbocycles. The summed E-state index contributed by atoms with van der Waals surface area (Å²) in [6.07, 6.45) is 0.660. The first-order valence-corrected chi connectivity index (χ1v) is 6.25. The minimum absolute atomic E-state index is 0.0635. The second-order valence-corrected chi connectivity index (χ2v) is 4.43. The van der Waals surface area contributed by atoms with E-state index in [4.69, 9.17) is 9.84 Å². The Labute approximate surface area is 95.0 Å². The average Bonchev–Trinajstić information content (AvgIpc) is 2.22. The molecule has 16 heavy (non-hydrogen) atoms. The van der Waals surface area contributed by atoms with Crippen LogP contribution in [0.25, 0.3) is 0 Å². The molecule has 0 rings (SSSR count). The molecule has 6 nitrogen and oxygen atoms in total. The Balaban J connectivity index is 4.45. The van der Waals surface area contributed by atoms with Gasteiger partial charge in [0.1, 0.15) is 0 Å². The molecular formula is C9H16O6S. The molecule has 1 N–H and O–H groups in total. The zero-order chi connectivity index (χ0) is 12.6. The molecule has 94 valence electrons. The van der Waals surface area contributed by atoms with Crippen molar-refractivity contribution in [3.05, 3.63) is 11.0 Å². The Morgan fingerprint density at radius 1 is 1.38 bits per heavy atom. The molecule has 0 amide bonds. The SMILES string of the molecule is CCCOC(=O)C(C)=CS(=O)(=O)OCCO. The predicted octanol–water partition coefficient (Wildman–Crippen LogP) is 0.182. The molecule has 0 fully saturated rings. The van der Waals surface area contributed by atoms with Crippen LogP contribution >= 0.6 is 0 Å². The molecule has 0 aliphatic rings. The van der Waals surface area contributed by atoms with Crippen molar-refractivity contribution in [2.75, 3.05) is 19.8 Å². The first-order chi connectivity index (χ1) is 7.43. The van der Waals surface area contributed by atoms with Crippen LogP contribution in [0.4, 0.5) is 0 Å². The third kappa shape index (κ3) is 6.54. The van der Waals surface area contributed by atoms with Gasteiger partial charge in [0.15, 0.2) is 0 Å². The maximum atomic E-state index is 11.2. The molecule has 0 unspecified atom stereocenters. The topological polar surface area (TPSA) is 89.9 Å². The van der Waals surface area contributed by atoms with Gasteiger partial charge in [-0.25, -0.2) is 4.79 Å². The van der Waals surface area contributed by atoms with Crippen LogP contribution in [-0.2, 0) is 23.8 Å². The molecule has 0 atom stereocenters. The van der Waals surface area contributed by atoms with E-state index in [1.807, 2.05) is 6.92 Å². The summed E-state index contributed by atoms with van der Waals surface area (Å²) in [6, 6.07) is 0. The summed E-state index contributed by atoms with van der Waals surface area (Å²) < 4.78 is 31.4. The van der Waals surface area contributed by atoms with Crippen LogP contribution in [0.1, 0.15) is 20.3 Å². The fourth-order valence-electron chi connectivity index (χ4n) is 0.761. The average molecular weight is 252 g/mol. The lowest BCUT2D eigenvalue weighted by molar-refractivity contribution is -0.138. The van der Waals surface area contributed by atoms with Crippen molar-refractivity contribution < 1.29 is 27.2 Å². The number of esters is 1. The van der Waals surface area contributed by atoms with Gasteiger partial charge in [0.2, 0.25) is 0 Å². The van der Waals surface area contributed by atoms with E-state index in [-0.39, 0.29) is 18.8 Å². The van der Waals surface area contributed by atoms with Gasteiger partial charge < -0.3 is 9.84 Å². The van der Waals surface area contributed by atoms with Crippen molar-refractivity contribution >= 4 is 16.1 Å². The van der Waals surface area contributed by atoms with E-state index in [1.165, 1.54) is 6.92 Å². The largest absolute Gasteiger partial charge is 0.462 e. The second kappa shape index (κ2) is 7.37. The molecule has 0 bridgehead atoms. The third-order valence-electron chi connectivity index (χ3n) is 1.42. The highest BCUT2D eigenvalue weighted by Gasteiger charge is 2.12. The Morgan fingerprint density at radius 2 is 2.00 bits per heavy atom. The van der Waals surface area contributed by atoms with Crippen LogP contribution in [0, 0.1) is 0 Å². The lowest BCUT2D eigenvalue weighted by atomic mass is 10.4. The van der Waals surface area contributed by atoms with Gasteiger partial charge in [-0.15, -0.1) is 0 Å². The van der Waals surface area contributed by atoms with Gasteiger partial charge in [-0.1, -0.05) is 6.92 Å². The maximum Gasteiger partial charge on any atom is 0.334 e. The predicted molar refractivity (Wildman–Crippen MR) is 57.0 cm³/mol. The second-order valence-electron chi connectivity index (χ2n) is 2.98. The minimum atomic E-state index is -3.94. The quantitative estimate of drug-likeness (QED) is 0.395. The van der Waals surface area contributed by atoms with E-state index in [9.17, 15) is 13.2 Å². The first-order valence-electron chi connectivity index (χ1n) is 4.78. The van der Waals surface area contributed by atoms with Crippen LogP contribution in [0.2, 0.25) is 0 Å². The minimum Gasteiger partial charge on any atom is -0.462 e. The summed E-state index contributed by atoms with van der Waals surface area (Å²) in [5.74, 6) is -0.696. The number of hydrogen-bond donors (Lipinski definition) is 1. The Morgan fingerprint density at radius 3 is 2.50 bits per heavy atom. The number of hydrogen-bond acceptors (Lipinski definition) is 6. The summed E-state index contributed by atoms with van der Waals surface area (Å²) >= 11 is 0. The number of aliphatic hydroxyl groups is 1. The normalized spacial score (nSPS) is 12.6. The van der Waals surface area contributed by atoms with Crippen molar-refractivity contribution in [2.24, 2.45) is 0 Å². The van der Waals surface area contributed by atoms with E-state index in [1.54, 1.807) is 0 Å². The highest BCUT2D eigenvalue weighted by molar-refractivity contribution is 7.89. The zero-order valence-corrected chi connectivity index (χ0v) is 10.1. The van der Waals surface area contributed by atoms with Gasteiger partial charge in [-0.3, -0.25) is 4.18 Å². The standard InChI is InChI=1S/C9H16O6S/c1-3-5-14-9(11)8(2)7-16(12,13)15-6-4-10/h7,10H,3-6H2,1-2H3. The van der Waals surface area contributed by atoms with Crippen LogP contribution < -0.4 is 0 Å². The van der Waals surface area contributed by atoms with Crippen LogP contribution in [0.5, 0.6) is 0 Å². The van der Waals surface area contributed by atoms with Crippen molar-refractivity contribution in [1.29, 1.82) is 0 Å². The van der Waals surface area contributed by atoms with Crippen molar-refractivity contribution in [3.63, 3.8) is 0 Å². The van der Waals surface area contributed by atoms with Crippen LogP contribution in [-0.4, -0.2) is 39.3 Å². The molecule has 0 aromatic carbocycles. The van der Waals surface area contributed by atoms with Crippen molar-refractivity contribution in [3.8, 4) is 0 Å². The summed E-state index contributed by atoms with van der Waals surface area (Å²) in [4.78, 5) is 11.2. The number of ether oxygens (including phenoxy) is 1. The Bertz CT molecular complexity index is 343. The van der Waals surface area contributed by atoms with Crippen molar-refractivity contribution in [2.45, 2.75) is 20.3 Å². The lowest BCUT2D eigenvalue weighted by Gasteiger charge is -2.03. The first kappa shape index (κ1) is 15.1. The molecule has 0 heterocycles. The lowest BCUT2D eigenvalue weighted by Crippen LogP contribution is -2.11. The zero-order valence-electron chi connectivity index (χ0n) is 9.30. The summed E-state index contributed by atoms with van der Waals surface area (Å²) in [5.41, 5.74) is -0.0635. The Hall–Kier alpha value is -0.920. The van der Waals surface area contributed by atoms with Gasteiger partial charge in [-0.05, 0) is 13.3 Å². The number of carbonyl (C=O) groups excluding carboxylic acids is 1. The number of aliphatic hydroxyl groups excluding tert-OH is 1. The summed E-state index contributed by atoms with van der Waals surface area (Å²) in [6.45, 7) is 2.63. The number of rotatable bonds is 7. The van der Waals surface area contributed by atoms with Gasteiger partial charge in [0, 0.05) is 5.57 Å². The van der Waals surface area contributed by atoms with E-state index < -0.39 is 22.7 Å². The molecule has 0 aromatic heterocycles. The summed E-state index contributed by atoms with van der Waals surface area (Å²) in [5, 5.41) is 9.07. The fourth-order valence-corrected chi connectivity index (χ4v) is 1.66. The highest BCUT2D eigenvalue weighted by atomic mass is 32.2. The van der Waals surface area contributed by atoms with E-state index in [0.717, 1.165) is 0 Å². The van der Waals surface area contributed by atoms with Gasteiger partial charge in [0.05, 0.1) is 25.2 Å². The van der Waals surface area contributed by atoms with Gasteiger partial charge in [0.25, 0.3) is 10.1 Å². The molecular weight excluding hydrogens is 236 g/mol. The molecule has 0 aliphatic heterocycles. The highest BCUT2D eigenvalue weighted by Crippen LogP contribution is 2.04. The van der Waals surface area contributed by atoms with Gasteiger partial charge in [-0.2, -0.15) is 8.42 Å². The fraction of sp³-hybridized carbons (Fsp3) is 0.667. The summed E-state index contributed by atoms with van der Waals surface area (Å²) in [7, 11) is -3.94. The van der Waals surface area contributed by atoms with Crippen molar-refractivity contribution in [1.82, 2.24) is 0 Å². The van der Waals surface area contributed by atoms with Gasteiger partial charge >= 0.3 is 5.97 Å². The van der Waals surface area contributed by atoms with E-state index in [2.05, 4.69) is 4.18 Å². The molecule has 0 radical (unpaired) electrons. The van der Waals surface area contributed by atoms with Crippen LogP contribution in [0.15, 0.2) is 11.0 Å². The van der Waals surface area contributed by atoms with E-state index >= 15 is 0 Å². The number of carbonyl (C=O) groups is 1. The maximum absolute atomic E-state index is 11.2.